The highest BCUT2D eigenvalue weighted by atomic mass is 33.1. The van der Waals surface area contributed by atoms with Crippen LogP contribution in [0.1, 0.15) is 94.7 Å². The first kappa shape index (κ1) is 50.8. The molecule has 0 radical (unpaired) electrons. The van der Waals surface area contributed by atoms with E-state index in [2.05, 4.69) is 31.0 Å². The smallest absolute Gasteiger partial charge is 0.317 e. The number of carbonyl (C=O) groups is 5. The first-order chi connectivity index (χ1) is 32.5. The summed E-state index contributed by atoms with van der Waals surface area (Å²) in [5.74, 6) is 0.0147. The Morgan fingerprint density at radius 2 is 1.75 bits per heavy atom. The number of sulfone groups is 1. The van der Waals surface area contributed by atoms with Crippen LogP contribution in [0.25, 0.3) is 0 Å². The summed E-state index contributed by atoms with van der Waals surface area (Å²) in [7, 11) is -0.466. The quantitative estimate of drug-likeness (QED) is 0.0703. The number of anilines is 1. The molecule has 3 aromatic rings. The summed E-state index contributed by atoms with van der Waals surface area (Å²) in [5, 5.41) is 9.98. The zero-order chi connectivity index (χ0) is 48.4. The molecule has 2 aromatic carbocycles. The molecule has 2 saturated heterocycles. The Balaban J connectivity index is 0.753. The molecule has 3 N–H and O–H groups in total. The normalized spacial score (nSPS) is 20.0. The number of halogens is 1. The van der Waals surface area contributed by atoms with Gasteiger partial charge in [0, 0.05) is 123 Å². The number of rotatable bonds is 19. The maximum absolute atomic E-state index is 15.0. The summed E-state index contributed by atoms with van der Waals surface area (Å²) >= 11 is 0. The Morgan fingerprint density at radius 3 is 2.47 bits per heavy atom. The maximum atomic E-state index is 15.0. The van der Waals surface area contributed by atoms with Crippen LogP contribution in [0.2, 0.25) is 0 Å². The molecule has 2 atom stereocenters. The van der Waals surface area contributed by atoms with E-state index in [1.54, 1.807) is 52.4 Å². The van der Waals surface area contributed by atoms with E-state index in [1.165, 1.54) is 29.9 Å². The number of hydrogen-bond donors (Lipinski definition) is 3. The van der Waals surface area contributed by atoms with Crippen molar-refractivity contribution < 1.29 is 41.5 Å². The van der Waals surface area contributed by atoms with Crippen LogP contribution in [0.3, 0.4) is 0 Å². The number of pyridine rings is 1. The van der Waals surface area contributed by atoms with Gasteiger partial charge in [0.05, 0.1) is 23.0 Å². The lowest BCUT2D eigenvalue weighted by Gasteiger charge is -2.42. The van der Waals surface area contributed by atoms with Crippen LogP contribution in [0, 0.1) is 11.7 Å². The maximum Gasteiger partial charge on any atom is 0.317 e. The van der Waals surface area contributed by atoms with E-state index in [4.69, 9.17) is 4.74 Å². The van der Waals surface area contributed by atoms with Gasteiger partial charge in [-0.2, -0.15) is 5.10 Å². The van der Waals surface area contributed by atoms with Gasteiger partial charge >= 0.3 is 6.03 Å². The predicted octanol–water partition coefficient (Wildman–Crippen LogP) is 6.17. The second-order valence-corrected chi connectivity index (χ2v) is 23.6. The summed E-state index contributed by atoms with van der Waals surface area (Å²) in [4.78, 5) is 73.4. The van der Waals surface area contributed by atoms with Crippen molar-refractivity contribution in [3.63, 3.8) is 0 Å². The van der Waals surface area contributed by atoms with E-state index < -0.39 is 20.4 Å². The molecule has 68 heavy (non-hydrogen) atoms. The molecule has 1 aromatic heterocycles. The average Bonchev–Trinajstić information content (AvgIpc) is 4.13. The number of benzene rings is 2. The Hall–Kier alpha value is -5.05. The van der Waals surface area contributed by atoms with Gasteiger partial charge in [-0.3, -0.25) is 24.3 Å². The number of ketones is 1. The highest BCUT2D eigenvalue weighted by Crippen LogP contribution is 2.47. The number of carbonyl (C=O) groups excluding carboxylic acids is 5. The third-order valence-corrected chi connectivity index (χ3v) is 17.7. The molecule has 4 aliphatic rings. The van der Waals surface area contributed by atoms with Crippen molar-refractivity contribution in [1.29, 1.82) is 0 Å². The van der Waals surface area contributed by atoms with Crippen LogP contribution in [0.15, 0.2) is 70.9 Å². The van der Waals surface area contributed by atoms with Crippen molar-refractivity contribution in [2.45, 2.75) is 100 Å². The van der Waals surface area contributed by atoms with Gasteiger partial charge < -0.3 is 30.0 Å². The Morgan fingerprint density at radius 1 is 0.971 bits per heavy atom. The molecular weight excluding hydrogens is 932 g/mol. The molecule has 0 spiro atoms. The average molecular weight is 993 g/mol. The van der Waals surface area contributed by atoms with E-state index in [1.807, 2.05) is 30.9 Å². The third-order valence-electron chi connectivity index (χ3n) is 12.7. The second kappa shape index (κ2) is 23.0. The zero-order valence-corrected chi connectivity index (χ0v) is 41.3. The summed E-state index contributed by atoms with van der Waals surface area (Å²) in [6.07, 6.45) is 7.44. The lowest BCUT2D eigenvalue weighted by atomic mass is 10.0. The Labute approximate surface area is 405 Å². The van der Waals surface area contributed by atoms with Crippen molar-refractivity contribution in [3.05, 3.63) is 83.4 Å². The number of nitrogens with one attached hydrogen (secondary N) is 3. The lowest BCUT2D eigenvalue weighted by molar-refractivity contribution is -0.133. The highest BCUT2D eigenvalue weighted by Gasteiger charge is 2.44. The van der Waals surface area contributed by atoms with Crippen LogP contribution < -0.4 is 20.8 Å². The SMILES string of the molecule is CC(=O)CCCOc1ccc2c(c1)S(=O)(=O)CC/C2=N\NC(=O)CC(C)(C)SSCCC(=O)N1CCN(C2CCN(C(=O)NCc3ccc(NC(=O)[C@H]4C[C@@H]4c4cccnc4)cc3F)CC2)CC1. The van der Waals surface area contributed by atoms with Gasteiger partial charge in [0.25, 0.3) is 0 Å². The molecule has 5 amide bonds. The number of piperidine rings is 1. The minimum atomic E-state index is -3.55. The van der Waals surface area contributed by atoms with Crippen molar-refractivity contribution in [3.8, 4) is 5.75 Å². The summed E-state index contributed by atoms with van der Waals surface area (Å²) < 4.78 is 46.0. The van der Waals surface area contributed by atoms with E-state index >= 15 is 4.39 Å². The number of likely N-dealkylation sites (tertiary alicyclic amines) is 1. The van der Waals surface area contributed by atoms with Crippen molar-refractivity contribution in [2.24, 2.45) is 11.0 Å². The summed E-state index contributed by atoms with van der Waals surface area (Å²) in [6, 6.07) is 13.2. The van der Waals surface area contributed by atoms with Crippen molar-refractivity contribution in [1.82, 2.24) is 30.4 Å². The van der Waals surface area contributed by atoms with Crippen LogP contribution >= 0.6 is 21.6 Å². The van der Waals surface area contributed by atoms with E-state index in [0.29, 0.717) is 85.5 Å². The molecule has 1 saturated carbocycles. The molecule has 366 valence electrons. The van der Waals surface area contributed by atoms with Crippen LogP contribution in [0.4, 0.5) is 14.9 Å². The number of fused-ring (bicyclic) bond motifs is 1. The van der Waals surface area contributed by atoms with Gasteiger partial charge in [0.2, 0.25) is 17.7 Å². The zero-order valence-electron chi connectivity index (χ0n) is 38.8. The molecule has 4 heterocycles. The van der Waals surface area contributed by atoms with Crippen LogP contribution in [-0.4, -0.2) is 132 Å². The molecule has 1 aliphatic carbocycles. The monoisotopic (exact) mass is 992 g/mol. The first-order valence-corrected chi connectivity index (χ1v) is 27.2. The molecule has 0 unspecified atom stereocenters. The number of ether oxygens (including phenoxy) is 1. The van der Waals surface area contributed by atoms with Gasteiger partial charge in [-0.1, -0.05) is 33.7 Å². The Kier molecular flexibility index (Phi) is 17.2. The molecule has 3 fully saturated rings. The first-order valence-electron chi connectivity index (χ1n) is 23.2. The van der Waals surface area contributed by atoms with E-state index in [0.717, 1.165) is 37.9 Å². The van der Waals surface area contributed by atoms with Gasteiger partial charge in [0.1, 0.15) is 17.3 Å². The molecule has 7 rings (SSSR count). The number of amides is 5. The van der Waals surface area contributed by atoms with Crippen molar-refractivity contribution in [2.75, 3.05) is 62.7 Å². The van der Waals surface area contributed by atoms with Gasteiger partial charge in [-0.05, 0) is 94.3 Å². The highest BCUT2D eigenvalue weighted by molar-refractivity contribution is 8.77. The van der Waals surface area contributed by atoms with E-state index in [-0.39, 0.29) is 78.0 Å². The number of nitrogens with zero attached hydrogens (tertiary/aromatic N) is 5. The molecule has 20 heteroatoms. The molecule has 3 aliphatic heterocycles. The van der Waals surface area contributed by atoms with Crippen LogP contribution in [0.5, 0.6) is 5.75 Å². The van der Waals surface area contributed by atoms with E-state index in [9.17, 15) is 32.4 Å². The summed E-state index contributed by atoms with van der Waals surface area (Å²) in [5.41, 5.74) is 5.25. The fraction of sp³-hybridized carbons (Fsp3) is 0.521. The van der Waals surface area contributed by atoms with Crippen LogP contribution in [-0.2, 0) is 35.6 Å². The minimum absolute atomic E-state index is 0.0309. The van der Waals surface area contributed by atoms with Gasteiger partial charge in [0.15, 0.2) is 9.84 Å². The third kappa shape index (κ3) is 14.0. The predicted molar refractivity (Wildman–Crippen MR) is 262 cm³/mol. The minimum Gasteiger partial charge on any atom is -0.494 e. The summed E-state index contributed by atoms with van der Waals surface area (Å²) in [6.45, 7) is 9.70. The van der Waals surface area contributed by atoms with Gasteiger partial charge in [-0.15, -0.1) is 0 Å². The standard InChI is InChI=1S/C48H61FN8O8S3/c1-32(58)6-5-23-65-37-10-11-38-42(15-25-68(63,64)43(38)27-37)53-54-44(59)29-48(2,3)67-66-24-14-45(60)56-21-19-55(20-22-56)36-12-17-57(18-13-36)47(62)51-31-34-8-9-35(26-41(34)49)52-46(61)40-28-39(40)33-7-4-16-50-30-33/h4,7-11,16,26-27,30,36,39-40H,5-6,12-15,17-25,28-29,31H2,1-3H3,(H,51,62)(H,52,61)(H,54,59)/b53-42+/t39-,40+/m1/s1. The largest absolute Gasteiger partial charge is 0.494 e. The number of urea groups is 1. The molecule has 16 nitrogen and oxygen atoms in total. The molecule has 0 bridgehead atoms. The molecular formula is C48H61FN8O8S3. The topological polar surface area (TPSA) is 200 Å². The number of hydrazone groups is 1. The lowest BCUT2D eigenvalue weighted by Crippen LogP contribution is -2.55. The fourth-order valence-electron chi connectivity index (χ4n) is 8.77. The number of piperazine rings is 1. The Bertz CT molecular complexity index is 2460. The number of aromatic nitrogens is 1. The van der Waals surface area contributed by atoms with Gasteiger partial charge in [-0.25, -0.2) is 23.0 Å². The number of hydrogen-bond acceptors (Lipinski definition) is 13. The fourth-order valence-corrected chi connectivity index (χ4v) is 12.8. The van der Waals surface area contributed by atoms with Crippen molar-refractivity contribution >= 4 is 72.4 Å². The second-order valence-electron chi connectivity index (χ2n) is 18.4. The number of Topliss-reactive ketones (excluding diaryl/α,β-unsaturated/α-hetero) is 1.